The Hall–Kier alpha value is -2.41. The summed E-state index contributed by atoms with van der Waals surface area (Å²) in [4.78, 5) is 4.34. The van der Waals surface area contributed by atoms with E-state index in [0.717, 1.165) is 28.0 Å². The van der Waals surface area contributed by atoms with Gasteiger partial charge in [0.05, 0.1) is 25.2 Å². The lowest BCUT2D eigenvalue weighted by Crippen LogP contribution is -2.34. The standard InChI is InChI=1S/C20H26BrN3O3/c1-14(27-17-7-5-4-6-16(17)21)13-24-20(22)23-11-10-15-8-9-18(25-2)19(12-15)26-3/h4-9,12,14H,10-11,13H2,1-3H3,(H3,22,23,24). The minimum absolute atomic E-state index is 0.0881. The van der Waals surface area contributed by atoms with Gasteiger partial charge in [-0.05, 0) is 59.1 Å². The molecule has 0 saturated carbocycles. The molecule has 1 atom stereocenters. The third kappa shape index (κ3) is 6.67. The molecule has 0 spiro atoms. The highest BCUT2D eigenvalue weighted by Crippen LogP contribution is 2.27. The van der Waals surface area contributed by atoms with Gasteiger partial charge < -0.3 is 25.3 Å². The van der Waals surface area contributed by atoms with E-state index in [2.05, 4.69) is 26.2 Å². The molecule has 146 valence electrons. The summed E-state index contributed by atoms with van der Waals surface area (Å²) in [5, 5.41) is 3.12. The minimum atomic E-state index is -0.0881. The number of nitrogens with zero attached hydrogens (tertiary/aromatic N) is 1. The summed E-state index contributed by atoms with van der Waals surface area (Å²) in [6.45, 7) is 3.10. The van der Waals surface area contributed by atoms with Crippen molar-refractivity contribution in [3.8, 4) is 17.2 Å². The maximum Gasteiger partial charge on any atom is 0.188 e. The van der Waals surface area contributed by atoms with Gasteiger partial charge >= 0.3 is 0 Å². The molecule has 1 unspecified atom stereocenters. The van der Waals surface area contributed by atoms with Gasteiger partial charge in [0.2, 0.25) is 0 Å². The zero-order chi connectivity index (χ0) is 19.6. The third-order valence-corrected chi connectivity index (χ3v) is 4.51. The Kier molecular flexibility index (Phi) is 8.26. The predicted molar refractivity (Wildman–Crippen MR) is 112 cm³/mol. The quantitative estimate of drug-likeness (QED) is 0.466. The Morgan fingerprint density at radius 3 is 2.56 bits per heavy atom. The molecular weight excluding hydrogens is 410 g/mol. The average Bonchev–Trinajstić information content (AvgIpc) is 2.68. The van der Waals surface area contributed by atoms with Crippen molar-refractivity contribution in [2.75, 3.05) is 27.3 Å². The van der Waals surface area contributed by atoms with Gasteiger partial charge in [-0.15, -0.1) is 0 Å². The fraction of sp³-hybridized carbons (Fsp3) is 0.350. The molecule has 0 fully saturated rings. The van der Waals surface area contributed by atoms with Gasteiger partial charge in [-0.25, -0.2) is 4.99 Å². The van der Waals surface area contributed by atoms with Crippen LogP contribution in [0, 0.1) is 0 Å². The summed E-state index contributed by atoms with van der Waals surface area (Å²) >= 11 is 3.47. The third-order valence-electron chi connectivity index (χ3n) is 3.85. The van der Waals surface area contributed by atoms with E-state index in [1.165, 1.54) is 0 Å². The Labute approximate surface area is 168 Å². The van der Waals surface area contributed by atoms with Crippen molar-refractivity contribution in [3.05, 3.63) is 52.5 Å². The van der Waals surface area contributed by atoms with E-state index in [1.807, 2.05) is 49.4 Å². The largest absolute Gasteiger partial charge is 0.493 e. The molecule has 0 heterocycles. The number of nitrogens with two attached hydrogens (primary N) is 1. The second-order valence-electron chi connectivity index (χ2n) is 5.95. The van der Waals surface area contributed by atoms with Crippen molar-refractivity contribution in [2.45, 2.75) is 19.4 Å². The van der Waals surface area contributed by atoms with Crippen molar-refractivity contribution in [1.82, 2.24) is 5.32 Å². The lowest BCUT2D eigenvalue weighted by Gasteiger charge is -2.14. The number of hydrogen-bond acceptors (Lipinski definition) is 4. The second kappa shape index (κ2) is 10.7. The first-order valence-corrected chi connectivity index (χ1v) is 9.48. The number of nitrogens with one attached hydrogen (secondary N) is 1. The van der Waals surface area contributed by atoms with E-state index in [4.69, 9.17) is 19.9 Å². The van der Waals surface area contributed by atoms with Crippen molar-refractivity contribution >= 4 is 21.9 Å². The van der Waals surface area contributed by atoms with Gasteiger partial charge in [-0.3, -0.25) is 0 Å². The number of benzene rings is 2. The van der Waals surface area contributed by atoms with Crippen LogP contribution in [0.3, 0.4) is 0 Å². The Morgan fingerprint density at radius 1 is 1.11 bits per heavy atom. The van der Waals surface area contributed by atoms with Gasteiger partial charge in [0.1, 0.15) is 11.9 Å². The second-order valence-corrected chi connectivity index (χ2v) is 6.81. The summed E-state index contributed by atoms with van der Waals surface area (Å²) in [7, 11) is 3.25. The summed E-state index contributed by atoms with van der Waals surface area (Å²) in [5.41, 5.74) is 7.06. The van der Waals surface area contributed by atoms with E-state index in [9.17, 15) is 0 Å². The lowest BCUT2D eigenvalue weighted by atomic mass is 10.1. The van der Waals surface area contributed by atoms with Crippen LogP contribution in [0.1, 0.15) is 12.5 Å². The SMILES string of the molecule is COc1ccc(CCNC(N)=NCC(C)Oc2ccccc2Br)cc1OC. The Morgan fingerprint density at radius 2 is 1.85 bits per heavy atom. The van der Waals surface area contributed by atoms with Gasteiger partial charge in [0.15, 0.2) is 17.5 Å². The van der Waals surface area contributed by atoms with Crippen LogP contribution in [0.5, 0.6) is 17.2 Å². The first-order chi connectivity index (χ1) is 13.0. The van der Waals surface area contributed by atoms with E-state index in [0.29, 0.717) is 24.8 Å². The maximum atomic E-state index is 5.94. The van der Waals surface area contributed by atoms with Crippen LogP contribution in [0.2, 0.25) is 0 Å². The van der Waals surface area contributed by atoms with Crippen LogP contribution < -0.4 is 25.3 Å². The van der Waals surface area contributed by atoms with Gasteiger partial charge in [-0.2, -0.15) is 0 Å². The average molecular weight is 436 g/mol. The highest BCUT2D eigenvalue weighted by molar-refractivity contribution is 9.10. The summed E-state index contributed by atoms with van der Waals surface area (Å²) in [5.74, 6) is 2.63. The normalized spacial score (nSPS) is 12.4. The minimum Gasteiger partial charge on any atom is -0.493 e. The fourth-order valence-corrected chi connectivity index (χ4v) is 2.83. The number of methoxy groups -OCH3 is 2. The van der Waals surface area contributed by atoms with Crippen LogP contribution in [0.4, 0.5) is 0 Å². The van der Waals surface area contributed by atoms with Crippen LogP contribution in [-0.4, -0.2) is 39.4 Å². The van der Waals surface area contributed by atoms with Crippen molar-refractivity contribution in [2.24, 2.45) is 10.7 Å². The number of halogens is 1. The molecule has 3 N–H and O–H groups in total. The molecule has 0 aliphatic carbocycles. The number of aliphatic imine (C=N–C) groups is 1. The lowest BCUT2D eigenvalue weighted by molar-refractivity contribution is 0.229. The molecular formula is C20H26BrN3O3. The predicted octanol–water partition coefficient (Wildman–Crippen LogP) is 3.38. The summed E-state index contributed by atoms with van der Waals surface area (Å²) < 4.78 is 17.3. The molecule has 0 bridgehead atoms. The first-order valence-electron chi connectivity index (χ1n) is 8.69. The van der Waals surface area contributed by atoms with Crippen LogP contribution >= 0.6 is 15.9 Å². The van der Waals surface area contributed by atoms with Crippen LogP contribution in [-0.2, 0) is 6.42 Å². The number of ether oxygens (including phenoxy) is 3. The molecule has 0 aromatic heterocycles. The fourth-order valence-electron chi connectivity index (χ4n) is 2.45. The smallest absolute Gasteiger partial charge is 0.188 e. The van der Waals surface area contributed by atoms with Crippen molar-refractivity contribution < 1.29 is 14.2 Å². The first kappa shape index (κ1) is 20.9. The Bertz CT molecular complexity index is 768. The number of guanidine groups is 1. The van der Waals surface area contributed by atoms with E-state index < -0.39 is 0 Å². The van der Waals surface area contributed by atoms with Crippen molar-refractivity contribution in [1.29, 1.82) is 0 Å². The molecule has 6 nitrogen and oxygen atoms in total. The van der Waals surface area contributed by atoms with E-state index in [1.54, 1.807) is 14.2 Å². The van der Waals surface area contributed by atoms with Crippen LogP contribution in [0.15, 0.2) is 51.9 Å². The molecule has 0 aliphatic heterocycles. The molecule has 2 rings (SSSR count). The molecule has 7 heteroatoms. The molecule has 0 amide bonds. The zero-order valence-electron chi connectivity index (χ0n) is 15.9. The van der Waals surface area contributed by atoms with E-state index in [-0.39, 0.29) is 6.10 Å². The summed E-state index contributed by atoms with van der Waals surface area (Å²) in [6.07, 6.45) is 0.703. The number of para-hydroxylation sites is 1. The molecule has 2 aromatic carbocycles. The van der Waals surface area contributed by atoms with Gasteiger partial charge in [-0.1, -0.05) is 18.2 Å². The molecule has 0 radical (unpaired) electrons. The molecule has 27 heavy (non-hydrogen) atoms. The Balaban J connectivity index is 1.78. The van der Waals surface area contributed by atoms with Gasteiger partial charge in [0, 0.05) is 6.54 Å². The highest BCUT2D eigenvalue weighted by atomic mass is 79.9. The van der Waals surface area contributed by atoms with E-state index >= 15 is 0 Å². The molecule has 2 aromatic rings. The molecule has 0 aliphatic rings. The topological polar surface area (TPSA) is 78.1 Å². The number of rotatable bonds is 9. The molecule has 0 saturated heterocycles. The monoisotopic (exact) mass is 435 g/mol. The van der Waals surface area contributed by atoms with Gasteiger partial charge in [0.25, 0.3) is 0 Å². The summed E-state index contributed by atoms with van der Waals surface area (Å²) in [6, 6.07) is 13.6. The maximum absolute atomic E-state index is 5.94. The highest BCUT2D eigenvalue weighted by Gasteiger charge is 2.07. The zero-order valence-corrected chi connectivity index (χ0v) is 17.5. The van der Waals surface area contributed by atoms with Crippen LogP contribution in [0.25, 0.3) is 0 Å². The number of hydrogen-bond donors (Lipinski definition) is 2. The van der Waals surface area contributed by atoms with Crippen molar-refractivity contribution in [3.63, 3.8) is 0 Å².